The number of ether oxygens (including phenoxy) is 1. The molecule has 0 aromatic rings. The molecule has 2 fully saturated rings. The van der Waals surface area contributed by atoms with Crippen LogP contribution < -0.4 is 11.1 Å². The summed E-state index contributed by atoms with van der Waals surface area (Å²) >= 11 is 0. The van der Waals surface area contributed by atoms with Crippen molar-refractivity contribution in [3.63, 3.8) is 0 Å². The van der Waals surface area contributed by atoms with Crippen LogP contribution in [0.5, 0.6) is 0 Å². The van der Waals surface area contributed by atoms with Gasteiger partial charge in [-0.05, 0) is 56.0 Å². The molecule has 2 aliphatic rings. The molecule has 0 aromatic heterocycles. The third kappa shape index (κ3) is 3.43. The van der Waals surface area contributed by atoms with E-state index < -0.39 is 0 Å². The van der Waals surface area contributed by atoms with Gasteiger partial charge in [0.05, 0.1) is 0 Å². The molecule has 0 amide bonds. The van der Waals surface area contributed by atoms with Crippen molar-refractivity contribution in [2.24, 2.45) is 16.6 Å². The van der Waals surface area contributed by atoms with Gasteiger partial charge in [0.1, 0.15) is 0 Å². The van der Waals surface area contributed by atoms with Gasteiger partial charge in [-0.15, -0.1) is 0 Å². The standard InChI is InChI=1S/C14H28N2O/c1-13(6-9-17-10-7-13)12-16-8-5-14(11-15)3-2-4-14/h16H,2-12,15H2,1H3. The van der Waals surface area contributed by atoms with Gasteiger partial charge in [0, 0.05) is 19.8 Å². The zero-order chi connectivity index (χ0) is 12.2. The average Bonchev–Trinajstić information content (AvgIpc) is 2.28. The monoisotopic (exact) mass is 240 g/mol. The van der Waals surface area contributed by atoms with Crippen molar-refractivity contribution in [3.8, 4) is 0 Å². The molecule has 3 N–H and O–H groups in total. The smallest absolute Gasteiger partial charge is 0.0471 e. The molecular weight excluding hydrogens is 212 g/mol. The molecule has 2 rings (SSSR count). The molecule has 3 heteroatoms. The van der Waals surface area contributed by atoms with Gasteiger partial charge in [-0.25, -0.2) is 0 Å². The quantitative estimate of drug-likeness (QED) is 0.697. The Morgan fingerprint density at radius 2 is 1.88 bits per heavy atom. The predicted molar refractivity (Wildman–Crippen MR) is 71.0 cm³/mol. The topological polar surface area (TPSA) is 47.3 Å². The molecule has 0 unspecified atom stereocenters. The molecule has 1 heterocycles. The van der Waals surface area contributed by atoms with Crippen LogP contribution in [-0.2, 0) is 4.74 Å². The minimum Gasteiger partial charge on any atom is -0.381 e. The van der Waals surface area contributed by atoms with Crippen LogP contribution in [-0.4, -0.2) is 32.8 Å². The van der Waals surface area contributed by atoms with Crippen molar-refractivity contribution in [2.75, 3.05) is 32.8 Å². The first-order chi connectivity index (χ1) is 8.18. The first-order valence-electron chi connectivity index (χ1n) is 7.17. The fourth-order valence-corrected chi connectivity index (χ4v) is 3.02. The molecule has 0 radical (unpaired) electrons. The minimum absolute atomic E-state index is 0.452. The van der Waals surface area contributed by atoms with Crippen LogP contribution in [0.1, 0.15) is 45.4 Å². The van der Waals surface area contributed by atoms with Crippen molar-refractivity contribution in [3.05, 3.63) is 0 Å². The molecule has 1 aliphatic heterocycles. The first-order valence-corrected chi connectivity index (χ1v) is 7.17. The summed E-state index contributed by atoms with van der Waals surface area (Å²) in [5.41, 5.74) is 6.82. The summed E-state index contributed by atoms with van der Waals surface area (Å²) in [7, 11) is 0. The molecule has 100 valence electrons. The number of rotatable bonds is 6. The van der Waals surface area contributed by atoms with Crippen LogP contribution in [0.25, 0.3) is 0 Å². The maximum absolute atomic E-state index is 5.88. The number of nitrogens with two attached hydrogens (primary N) is 1. The summed E-state index contributed by atoms with van der Waals surface area (Å²) in [6.07, 6.45) is 7.72. The molecule has 1 saturated heterocycles. The highest BCUT2D eigenvalue weighted by Crippen LogP contribution is 2.42. The van der Waals surface area contributed by atoms with Gasteiger partial charge >= 0.3 is 0 Å². The van der Waals surface area contributed by atoms with Crippen molar-refractivity contribution in [1.82, 2.24) is 5.32 Å². The van der Waals surface area contributed by atoms with E-state index in [1.807, 2.05) is 0 Å². The lowest BCUT2D eigenvalue weighted by atomic mass is 9.67. The van der Waals surface area contributed by atoms with E-state index in [-0.39, 0.29) is 0 Å². The lowest BCUT2D eigenvalue weighted by Crippen LogP contribution is -2.42. The molecule has 0 spiro atoms. The van der Waals surface area contributed by atoms with Crippen LogP contribution in [0.3, 0.4) is 0 Å². The Balaban J connectivity index is 1.62. The molecular formula is C14H28N2O. The Morgan fingerprint density at radius 3 is 2.41 bits per heavy atom. The third-order valence-corrected chi connectivity index (χ3v) is 4.93. The van der Waals surface area contributed by atoms with Crippen LogP contribution in [0.4, 0.5) is 0 Å². The number of hydrogen-bond donors (Lipinski definition) is 2. The van der Waals surface area contributed by atoms with E-state index >= 15 is 0 Å². The summed E-state index contributed by atoms with van der Waals surface area (Å²) in [4.78, 5) is 0. The Bertz CT molecular complexity index is 227. The van der Waals surface area contributed by atoms with Gasteiger partial charge in [-0.1, -0.05) is 13.3 Å². The minimum atomic E-state index is 0.452. The maximum Gasteiger partial charge on any atom is 0.0471 e. The summed E-state index contributed by atoms with van der Waals surface area (Å²) in [5.74, 6) is 0. The van der Waals surface area contributed by atoms with Gasteiger partial charge in [-0.3, -0.25) is 0 Å². The van der Waals surface area contributed by atoms with Crippen LogP contribution in [0.15, 0.2) is 0 Å². The van der Waals surface area contributed by atoms with Crippen molar-refractivity contribution >= 4 is 0 Å². The lowest BCUT2D eigenvalue weighted by molar-refractivity contribution is 0.0233. The van der Waals surface area contributed by atoms with Crippen molar-refractivity contribution < 1.29 is 4.74 Å². The van der Waals surface area contributed by atoms with Gasteiger partial charge in [-0.2, -0.15) is 0 Å². The molecule has 0 bridgehead atoms. The largest absolute Gasteiger partial charge is 0.381 e. The molecule has 3 nitrogen and oxygen atoms in total. The first kappa shape index (κ1) is 13.3. The highest BCUT2D eigenvalue weighted by Gasteiger charge is 2.35. The normalized spacial score (nSPS) is 26.5. The second-order valence-corrected chi connectivity index (χ2v) is 6.41. The van der Waals surface area contributed by atoms with Crippen LogP contribution in [0, 0.1) is 10.8 Å². The van der Waals surface area contributed by atoms with E-state index in [4.69, 9.17) is 10.5 Å². The van der Waals surface area contributed by atoms with Gasteiger partial charge in [0.2, 0.25) is 0 Å². The Labute approximate surface area is 105 Å². The molecule has 1 saturated carbocycles. The third-order valence-electron chi connectivity index (χ3n) is 4.93. The van der Waals surface area contributed by atoms with E-state index in [2.05, 4.69) is 12.2 Å². The summed E-state index contributed by atoms with van der Waals surface area (Å²) in [6.45, 7) is 7.39. The van der Waals surface area contributed by atoms with E-state index in [0.29, 0.717) is 10.8 Å². The van der Waals surface area contributed by atoms with Crippen molar-refractivity contribution in [1.29, 1.82) is 0 Å². The van der Waals surface area contributed by atoms with E-state index in [0.717, 1.165) is 32.8 Å². The van der Waals surface area contributed by atoms with E-state index in [1.165, 1.54) is 38.5 Å². The summed E-state index contributed by atoms with van der Waals surface area (Å²) < 4.78 is 5.43. The maximum atomic E-state index is 5.88. The van der Waals surface area contributed by atoms with E-state index in [1.54, 1.807) is 0 Å². The van der Waals surface area contributed by atoms with Crippen molar-refractivity contribution in [2.45, 2.75) is 45.4 Å². The van der Waals surface area contributed by atoms with Crippen LogP contribution in [0.2, 0.25) is 0 Å². The zero-order valence-corrected chi connectivity index (χ0v) is 11.3. The summed E-state index contributed by atoms with van der Waals surface area (Å²) in [6, 6.07) is 0. The van der Waals surface area contributed by atoms with Crippen LogP contribution >= 0.6 is 0 Å². The molecule has 0 aromatic carbocycles. The van der Waals surface area contributed by atoms with Gasteiger partial charge in [0.25, 0.3) is 0 Å². The zero-order valence-electron chi connectivity index (χ0n) is 11.3. The highest BCUT2D eigenvalue weighted by molar-refractivity contribution is 4.89. The Morgan fingerprint density at radius 1 is 1.18 bits per heavy atom. The molecule has 17 heavy (non-hydrogen) atoms. The SMILES string of the molecule is CC1(CNCCC2(CN)CCC2)CCOCC1. The Kier molecular flexibility index (Phi) is 4.45. The lowest BCUT2D eigenvalue weighted by Gasteiger charge is -2.41. The highest BCUT2D eigenvalue weighted by atomic mass is 16.5. The summed E-state index contributed by atoms with van der Waals surface area (Å²) in [5, 5.41) is 3.64. The fraction of sp³-hybridized carbons (Fsp3) is 1.00. The van der Waals surface area contributed by atoms with Gasteiger partial charge < -0.3 is 15.8 Å². The Hall–Kier alpha value is -0.120. The molecule has 0 atom stereocenters. The number of hydrogen-bond acceptors (Lipinski definition) is 3. The fourth-order valence-electron chi connectivity index (χ4n) is 3.02. The van der Waals surface area contributed by atoms with Gasteiger partial charge in [0.15, 0.2) is 0 Å². The average molecular weight is 240 g/mol. The number of nitrogens with one attached hydrogen (secondary N) is 1. The second-order valence-electron chi connectivity index (χ2n) is 6.41. The predicted octanol–water partition coefficient (Wildman–Crippen LogP) is 1.91. The van der Waals surface area contributed by atoms with E-state index in [9.17, 15) is 0 Å². The molecule has 1 aliphatic carbocycles. The second kappa shape index (κ2) is 5.68.